The van der Waals surface area contributed by atoms with Crippen molar-refractivity contribution in [2.45, 2.75) is 10.9 Å². The zero-order chi connectivity index (χ0) is 10.7. The minimum absolute atomic E-state index is 0.327. The highest BCUT2D eigenvalue weighted by Gasteiger charge is 2.01. The zero-order valence-corrected chi connectivity index (χ0v) is 8.66. The Morgan fingerprint density at radius 3 is 2.80 bits per heavy atom. The molecule has 0 aliphatic heterocycles. The second kappa shape index (κ2) is 4.18. The first-order chi connectivity index (χ1) is 7.24. The van der Waals surface area contributed by atoms with Gasteiger partial charge in [0.05, 0.1) is 0 Å². The molecule has 0 bridgehead atoms. The van der Waals surface area contributed by atoms with Crippen molar-refractivity contribution in [3.63, 3.8) is 0 Å². The lowest BCUT2D eigenvalue weighted by atomic mass is 10.3. The van der Waals surface area contributed by atoms with Crippen LogP contribution in [0.25, 0.3) is 0 Å². The highest BCUT2D eigenvalue weighted by Crippen LogP contribution is 2.18. The molecule has 0 aromatic carbocycles. The van der Waals surface area contributed by atoms with Gasteiger partial charge in [-0.25, -0.2) is 10.1 Å². The van der Waals surface area contributed by atoms with E-state index in [-0.39, 0.29) is 0 Å². The SMILES string of the molecule is Nc1ccc(CSc2n[nH]c(N)n2)cn1. The summed E-state index contributed by atoms with van der Waals surface area (Å²) in [5.41, 5.74) is 11.9. The second-order valence-electron chi connectivity index (χ2n) is 2.88. The van der Waals surface area contributed by atoms with E-state index in [1.807, 2.05) is 6.07 Å². The lowest BCUT2D eigenvalue weighted by Gasteiger charge is -1.97. The number of aromatic amines is 1. The predicted octanol–water partition coefficient (Wildman–Crippen LogP) is 0.656. The van der Waals surface area contributed by atoms with Crippen LogP contribution < -0.4 is 11.5 Å². The fourth-order valence-electron chi connectivity index (χ4n) is 0.992. The van der Waals surface area contributed by atoms with Crippen LogP contribution in [0.5, 0.6) is 0 Å². The van der Waals surface area contributed by atoms with Gasteiger partial charge in [-0.2, -0.15) is 4.98 Å². The topological polar surface area (TPSA) is 106 Å². The largest absolute Gasteiger partial charge is 0.384 e. The molecule has 0 aliphatic carbocycles. The Morgan fingerprint density at radius 2 is 2.20 bits per heavy atom. The molecule has 78 valence electrons. The fraction of sp³-hybridized carbons (Fsp3) is 0.125. The molecule has 5 N–H and O–H groups in total. The van der Waals surface area contributed by atoms with E-state index in [1.165, 1.54) is 11.8 Å². The Kier molecular flexibility index (Phi) is 2.72. The number of hydrogen-bond acceptors (Lipinski definition) is 6. The third-order valence-corrected chi connectivity index (χ3v) is 2.62. The number of H-pyrrole nitrogens is 1. The molecule has 0 unspecified atom stereocenters. The molecule has 15 heavy (non-hydrogen) atoms. The van der Waals surface area contributed by atoms with E-state index in [0.717, 1.165) is 11.3 Å². The minimum atomic E-state index is 0.327. The van der Waals surface area contributed by atoms with Gasteiger partial charge in [0.1, 0.15) is 5.82 Å². The Bertz CT molecular complexity index is 437. The lowest BCUT2D eigenvalue weighted by molar-refractivity contribution is 0.973. The summed E-state index contributed by atoms with van der Waals surface area (Å²) >= 11 is 1.49. The van der Waals surface area contributed by atoms with E-state index in [2.05, 4.69) is 20.2 Å². The van der Waals surface area contributed by atoms with Gasteiger partial charge < -0.3 is 11.5 Å². The van der Waals surface area contributed by atoms with Crippen LogP contribution in [0, 0.1) is 0 Å². The number of thioether (sulfide) groups is 1. The molecule has 0 atom stereocenters. The van der Waals surface area contributed by atoms with Gasteiger partial charge in [-0.1, -0.05) is 17.8 Å². The van der Waals surface area contributed by atoms with Crippen LogP contribution in [0.4, 0.5) is 11.8 Å². The zero-order valence-electron chi connectivity index (χ0n) is 7.84. The van der Waals surface area contributed by atoms with Crippen molar-refractivity contribution < 1.29 is 0 Å². The van der Waals surface area contributed by atoms with Gasteiger partial charge >= 0.3 is 0 Å². The van der Waals surface area contributed by atoms with Crippen LogP contribution in [-0.4, -0.2) is 20.2 Å². The molecule has 0 fully saturated rings. The number of nitrogens with zero attached hydrogens (tertiary/aromatic N) is 3. The van der Waals surface area contributed by atoms with Gasteiger partial charge in [-0.3, -0.25) is 0 Å². The van der Waals surface area contributed by atoms with Crippen LogP contribution in [0.15, 0.2) is 23.5 Å². The molecular weight excluding hydrogens is 212 g/mol. The van der Waals surface area contributed by atoms with E-state index in [1.54, 1.807) is 12.3 Å². The normalized spacial score (nSPS) is 10.4. The maximum absolute atomic E-state index is 5.47. The molecule has 7 heteroatoms. The molecule has 2 rings (SSSR count). The number of pyridine rings is 1. The van der Waals surface area contributed by atoms with Crippen LogP contribution >= 0.6 is 11.8 Å². The average molecular weight is 222 g/mol. The Hall–Kier alpha value is -1.76. The number of nitrogens with two attached hydrogens (primary N) is 2. The van der Waals surface area contributed by atoms with Crippen LogP contribution in [0.3, 0.4) is 0 Å². The summed E-state index contributed by atoms with van der Waals surface area (Å²) in [6, 6.07) is 3.69. The van der Waals surface area contributed by atoms with Crippen molar-refractivity contribution in [1.29, 1.82) is 0 Å². The van der Waals surface area contributed by atoms with E-state index in [9.17, 15) is 0 Å². The van der Waals surface area contributed by atoms with E-state index in [0.29, 0.717) is 16.9 Å². The van der Waals surface area contributed by atoms with Gasteiger partial charge in [-0.15, -0.1) is 5.10 Å². The van der Waals surface area contributed by atoms with Crippen molar-refractivity contribution in [2.24, 2.45) is 0 Å². The third-order valence-electron chi connectivity index (χ3n) is 1.70. The van der Waals surface area contributed by atoms with Crippen LogP contribution in [0.1, 0.15) is 5.56 Å². The maximum Gasteiger partial charge on any atom is 0.216 e. The summed E-state index contributed by atoms with van der Waals surface area (Å²) in [4.78, 5) is 7.96. The Labute approximate surface area is 90.5 Å². The lowest BCUT2D eigenvalue weighted by Crippen LogP contribution is -1.90. The molecular formula is C8H10N6S. The molecule has 0 aliphatic rings. The highest BCUT2D eigenvalue weighted by molar-refractivity contribution is 7.98. The molecule has 2 heterocycles. The van der Waals surface area contributed by atoms with E-state index < -0.39 is 0 Å². The monoisotopic (exact) mass is 222 g/mol. The predicted molar refractivity (Wildman–Crippen MR) is 59.0 cm³/mol. The molecule has 2 aromatic heterocycles. The molecule has 0 saturated heterocycles. The summed E-state index contributed by atoms with van der Waals surface area (Å²) in [6.45, 7) is 0. The molecule has 0 saturated carbocycles. The Morgan fingerprint density at radius 1 is 1.33 bits per heavy atom. The summed E-state index contributed by atoms with van der Waals surface area (Å²) < 4.78 is 0. The highest BCUT2D eigenvalue weighted by atomic mass is 32.2. The second-order valence-corrected chi connectivity index (χ2v) is 3.83. The summed E-state index contributed by atoms with van der Waals surface area (Å²) in [7, 11) is 0. The number of rotatable bonds is 3. The van der Waals surface area contributed by atoms with E-state index in [4.69, 9.17) is 11.5 Å². The molecule has 0 radical (unpaired) electrons. The van der Waals surface area contributed by atoms with Gasteiger partial charge in [-0.05, 0) is 11.6 Å². The van der Waals surface area contributed by atoms with E-state index >= 15 is 0 Å². The van der Waals surface area contributed by atoms with Crippen molar-refractivity contribution in [3.05, 3.63) is 23.9 Å². The standard InChI is InChI=1S/C8H10N6S/c9-6-2-1-5(3-11-6)4-15-8-12-7(10)13-14-8/h1-3H,4H2,(H2,9,11)(H3,10,12,13,14). The number of hydrogen-bond donors (Lipinski definition) is 3. The minimum Gasteiger partial charge on any atom is -0.384 e. The number of nitrogen functional groups attached to an aromatic ring is 2. The summed E-state index contributed by atoms with van der Waals surface area (Å²) in [5, 5.41) is 7.11. The third kappa shape index (κ3) is 2.59. The van der Waals surface area contributed by atoms with Crippen LogP contribution in [0.2, 0.25) is 0 Å². The maximum atomic E-state index is 5.47. The van der Waals surface area contributed by atoms with Crippen molar-refractivity contribution >= 4 is 23.5 Å². The summed E-state index contributed by atoms with van der Waals surface area (Å²) in [6.07, 6.45) is 1.73. The Balaban J connectivity index is 1.96. The fourth-order valence-corrected chi connectivity index (χ4v) is 1.73. The number of nitrogens with one attached hydrogen (secondary N) is 1. The summed E-state index contributed by atoms with van der Waals surface area (Å²) in [5.74, 6) is 1.59. The number of anilines is 2. The molecule has 6 nitrogen and oxygen atoms in total. The van der Waals surface area contributed by atoms with Crippen LogP contribution in [-0.2, 0) is 5.75 Å². The first-order valence-electron chi connectivity index (χ1n) is 4.25. The molecule has 0 spiro atoms. The first-order valence-corrected chi connectivity index (χ1v) is 5.23. The van der Waals surface area contributed by atoms with Crippen molar-refractivity contribution in [1.82, 2.24) is 20.2 Å². The van der Waals surface area contributed by atoms with Gasteiger partial charge in [0.15, 0.2) is 0 Å². The van der Waals surface area contributed by atoms with Crippen molar-refractivity contribution in [2.75, 3.05) is 11.5 Å². The number of aromatic nitrogens is 4. The molecule has 2 aromatic rings. The smallest absolute Gasteiger partial charge is 0.216 e. The van der Waals surface area contributed by atoms with Gasteiger partial charge in [0, 0.05) is 11.9 Å². The average Bonchev–Trinajstić information content (AvgIpc) is 2.64. The van der Waals surface area contributed by atoms with Crippen molar-refractivity contribution in [3.8, 4) is 0 Å². The first kappa shape index (κ1) is 9.78. The quantitative estimate of drug-likeness (QED) is 0.658. The van der Waals surface area contributed by atoms with Gasteiger partial charge in [0.25, 0.3) is 0 Å². The molecule has 0 amide bonds. The van der Waals surface area contributed by atoms with Gasteiger partial charge in [0.2, 0.25) is 11.1 Å².